The van der Waals surface area contributed by atoms with Gasteiger partial charge in [0.1, 0.15) is 5.82 Å². The molecular formula is C9H14F3N3. The molecule has 15 heavy (non-hydrogen) atoms. The van der Waals surface area contributed by atoms with Crippen molar-refractivity contribution in [2.75, 3.05) is 0 Å². The van der Waals surface area contributed by atoms with E-state index in [9.17, 15) is 13.2 Å². The highest BCUT2D eigenvalue weighted by Gasteiger charge is 2.38. The standard InChI is InChI=1S/C9H14F3N3/c1-5-15-7(8(2,3)4)13-6(14-15)9(10,11)12/h5H2,1-4H3. The molecule has 0 atom stereocenters. The number of halogens is 3. The second-order valence-corrected chi connectivity index (χ2v) is 4.32. The molecule has 0 amide bonds. The molecule has 0 radical (unpaired) electrons. The second-order valence-electron chi connectivity index (χ2n) is 4.32. The van der Waals surface area contributed by atoms with Gasteiger partial charge in [-0.15, -0.1) is 5.10 Å². The number of hydrogen-bond donors (Lipinski definition) is 0. The minimum Gasteiger partial charge on any atom is -0.249 e. The van der Waals surface area contributed by atoms with Gasteiger partial charge in [-0.25, -0.2) is 9.67 Å². The lowest BCUT2D eigenvalue weighted by Crippen LogP contribution is -2.19. The van der Waals surface area contributed by atoms with Gasteiger partial charge in [-0.05, 0) is 6.92 Å². The lowest BCUT2D eigenvalue weighted by Gasteiger charge is -2.17. The third-order valence-corrected chi connectivity index (χ3v) is 1.90. The van der Waals surface area contributed by atoms with Crippen LogP contribution in [0.2, 0.25) is 0 Å². The van der Waals surface area contributed by atoms with Gasteiger partial charge < -0.3 is 0 Å². The summed E-state index contributed by atoms with van der Waals surface area (Å²) in [7, 11) is 0. The summed E-state index contributed by atoms with van der Waals surface area (Å²) in [5, 5.41) is 3.45. The van der Waals surface area contributed by atoms with Crippen LogP contribution in [0, 0.1) is 0 Å². The molecule has 1 aromatic heterocycles. The summed E-state index contributed by atoms with van der Waals surface area (Å²) >= 11 is 0. The highest BCUT2D eigenvalue weighted by atomic mass is 19.4. The van der Waals surface area contributed by atoms with E-state index in [1.807, 2.05) is 20.8 Å². The fourth-order valence-electron chi connectivity index (χ4n) is 1.24. The van der Waals surface area contributed by atoms with Crippen LogP contribution in [0.3, 0.4) is 0 Å². The van der Waals surface area contributed by atoms with Crippen molar-refractivity contribution in [2.45, 2.75) is 45.8 Å². The Kier molecular flexibility index (Phi) is 2.80. The van der Waals surface area contributed by atoms with Crippen LogP contribution in [0.5, 0.6) is 0 Å². The van der Waals surface area contributed by atoms with Gasteiger partial charge in [-0.3, -0.25) is 0 Å². The number of aromatic nitrogens is 3. The maximum Gasteiger partial charge on any atom is 0.453 e. The fourth-order valence-corrected chi connectivity index (χ4v) is 1.24. The maximum atomic E-state index is 12.4. The first-order valence-corrected chi connectivity index (χ1v) is 4.68. The van der Waals surface area contributed by atoms with Crippen molar-refractivity contribution in [3.8, 4) is 0 Å². The number of alkyl halides is 3. The van der Waals surface area contributed by atoms with E-state index in [0.29, 0.717) is 12.4 Å². The molecule has 0 aliphatic heterocycles. The number of nitrogens with zero attached hydrogens (tertiary/aromatic N) is 3. The van der Waals surface area contributed by atoms with E-state index >= 15 is 0 Å². The molecule has 0 saturated heterocycles. The van der Waals surface area contributed by atoms with Crippen LogP contribution in [0.15, 0.2) is 0 Å². The highest BCUT2D eigenvalue weighted by molar-refractivity contribution is 5.06. The summed E-state index contributed by atoms with van der Waals surface area (Å²) in [6.07, 6.45) is -4.47. The zero-order valence-electron chi connectivity index (χ0n) is 9.18. The van der Waals surface area contributed by atoms with E-state index in [1.54, 1.807) is 6.92 Å². The van der Waals surface area contributed by atoms with Crippen LogP contribution >= 0.6 is 0 Å². The molecule has 86 valence electrons. The van der Waals surface area contributed by atoms with Gasteiger partial charge in [0, 0.05) is 12.0 Å². The molecule has 0 aliphatic rings. The van der Waals surface area contributed by atoms with Crippen molar-refractivity contribution in [1.29, 1.82) is 0 Å². The van der Waals surface area contributed by atoms with E-state index in [2.05, 4.69) is 10.1 Å². The zero-order valence-corrected chi connectivity index (χ0v) is 9.18. The third-order valence-electron chi connectivity index (χ3n) is 1.90. The predicted octanol–water partition coefficient (Wildman–Crippen LogP) is 2.61. The summed E-state index contributed by atoms with van der Waals surface area (Å²) in [5.41, 5.74) is -0.438. The molecular weight excluding hydrogens is 207 g/mol. The number of hydrogen-bond acceptors (Lipinski definition) is 2. The molecule has 0 fully saturated rings. The molecule has 1 aromatic rings. The first-order valence-electron chi connectivity index (χ1n) is 4.68. The van der Waals surface area contributed by atoms with Crippen molar-refractivity contribution >= 4 is 0 Å². The van der Waals surface area contributed by atoms with Crippen molar-refractivity contribution in [3.05, 3.63) is 11.6 Å². The normalized spacial score (nSPS) is 13.3. The SMILES string of the molecule is CCn1nc(C(F)(F)F)nc1C(C)(C)C. The minimum absolute atomic E-state index is 0.359. The summed E-state index contributed by atoms with van der Waals surface area (Å²) < 4.78 is 38.4. The number of aryl methyl sites for hydroxylation is 1. The average molecular weight is 221 g/mol. The molecule has 0 saturated carbocycles. The predicted molar refractivity (Wildman–Crippen MR) is 49.4 cm³/mol. The van der Waals surface area contributed by atoms with Crippen molar-refractivity contribution < 1.29 is 13.2 Å². The van der Waals surface area contributed by atoms with E-state index in [1.165, 1.54) is 4.68 Å². The average Bonchev–Trinajstić information content (AvgIpc) is 2.44. The summed E-state index contributed by atoms with van der Waals surface area (Å²) in [5.74, 6) is -0.702. The van der Waals surface area contributed by atoms with Gasteiger partial charge in [0.15, 0.2) is 0 Å². The summed E-state index contributed by atoms with van der Waals surface area (Å²) in [4.78, 5) is 3.55. The van der Waals surface area contributed by atoms with Crippen molar-refractivity contribution in [3.63, 3.8) is 0 Å². The molecule has 0 bridgehead atoms. The summed E-state index contributed by atoms with van der Waals surface area (Å²) in [6, 6.07) is 0. The van der Waals surface area contributed by atoms with Crippen LogP contribution in [-0.4, -0.2) is 14.8 Å². The van der Waals surface area contributed by atoms with E-state index in [-0.39, 0.29) is 0 Å². The fraction of sp³-hybridized carbons (Fsp3) is 0.778. The van der Waals surface area contributed by atoms with Gasteiger partial charge in [-0.1, -0.05) is 20.8 Å². The van der Waals surface area contributed by atoms with Crippen LogP contribution < -0.4 is 0 Å². The van der Waals surface area contributed by atoms with E-state index in [0.717, 1.165) is 0 Å². The molecule has 0 aromatic carbocycles. The Morgan fingerprint density at radius 2 is 1.73 bits per heavy atom. The number of rotatable bonds is 1. The summed E-state index contributed by atoms with van der Waals surface area (Å²) in [6.45, 7) is 7.55. The molecule has 0 unspecified atom stereocenters. The lowest BCUT2D eigenvalue weighted by atomic mass is 9.96. The molecule has 0 spiro atoms. The first-order chi connectivity index (χ1) is 6.66. The lowest BCUT2D eigenvalue weighted by molar-refractivity contribution is -0.145. The Hall–Kier alpha value is -1.07. The Morgan fingerprint density at radius 1 is 1.20 bits per heavy atom. The Bertz CT molecular complexity index is 346. The maximum absolute atomic E-state index is 12.4. The van der Waals surface area contributed by atoms with Gasteiger partial charge in [0.2, 0.25) is 0 Å². The first kappa shape index (κ1) is 12.0. The smallest absolute Gasteiger partial charge is 0.249 e. The molecule has 1 heterocycles. The molecule has 0 aliphatic carbocycles. The van der Waals surface area contributed by atoms with Crippen molar-refractivity contribution in [1.82, 2.24) is 14.8 Å². The minimum atomic E-state index is -4.47. The molecule has 0 N–H and O–H groups in total. The Balaban J connectivity index is 3.24. The molecule has 1 rings (SSSR count). The molecule has 3 nitrogen and oxygen atoms in total. The van der Waals surface area contributed by atoms with Gasteiger partial charge >= 0.3 is 6.18 Å². The van der Waals surface area contributed by atoms with Gasteiger partial charge in [0.25, 0.3) is 5.82 Å². The highest BCUT2D eigenvalue weighted by Crippen LogP contribution is 2.29. The van der Waals surface area contributed by atoms with Crippen LogP contribution in [-0.2, 0) is 18.1 Å². The van der Waals surface area contributed by atoms with Crippen LogP contribution in [0.4, 0.5) is 13.2 Å². The van der Waals surface area contributed by atoms with Crippen LogP contribution in [0.25, 0.3) is 0 Å². The van der Waals surface area contributed by atoms with Gasteiger partial charge in [-0.2, -0.15) is 13.2 Å². The van der Waals surface area contributed by atoms with E-state index in [4.69, 9.17) is 0 Å². The van der Waals surface area contributed by atoms with E-state index < -0.39 is 17.4 Å². The van der Waals surface area contributed by atoms with Crippen molar-refractivity contribution in [2.24, 2.45) is 0 Å². The Morgan fingerprint density at radius 3 is 2.00 bits per heavy atom. The molecule has 6 heteroatoms. The third kappa shape index (κ3) is 2.49. The van der Waals surface area contributed by atoms with Gasteiger partial charge in [0.05, 0.1) is 0 Å². The van der Waals surface area contributed by atoms with Crippen LogP contribution in [0.1, 0.15) is 39.3 Å². The monoisotopic (exact) mass is 221 g/mol. The second kappa shape index (κ2) is 3.50. The Labute approximate surface area is 86.3 Å². The quantitative estimate of drug-likeness (QED) is 0.729. The largest absolute Gasteiger partial charge is 0.453 e. The zero-order chi connectivity index (χ0) is 11.9. The topological polar surface area (TPSA) is 30.7 Å².